The van der Waals surface area contributed by atoms with E-state index in [-0.39, 0.29) is 17.4 Å². The molecule has 1 amide bonds. The summed E-state index contributed by atoms with van der Waals surface area (Å²) in [6, 6.07) is 4.52. The van der Waals surface area contributed by atoms with Crippen molar-refractivity contribution in [2.75, 3.05) is 11.1 Å². The first kappa shape index (κ1) is 20.0. The fraction of sp³-hybridized carbons (Fsp3) is 0.353. The Morgan fingerprint density at radius 2 is 2.12 bits per heavy atom. The number of carbonyl (C=O) groups is 1. The van der Waals surface area contributed by atoms with Gasteiger partial charge in [0, 0.05) is 18.2 Å². The fourth-order valence-corrected chi connectivity index (χ4v) is 2.99. The first-order valence-electron chi connectivity index (χ1n) is 7.86. The van der Waals surface area contributed by atoms with Crippen LogP contribution in [0.5, 0.6) is 0 Å². The van der Waals surface area contributed by atoms with E-state index in [0.29, 0.717) is 11.7 Å². The third-order valence-electron chi connectivity index (χ3n) is 3.38. The number of aromatic nitrogens is 3. The summed E-state index contributed by atoms with van der Waals surface area (Å²) in [5, 5.41) is 11.2. The van der Waals surface area contributed by atoms with Crippen molar-refractivity contribution in [3.8, 4) is 0 Å². The summed E-state index contributed by atoms with van der Waals surface area (Å²) in [5.41, 5.74) is -0.712. The van der Waals surface area contributed by atoms with Crippen LogP contribution in [0.4, 0.5) is 18.9 Å². The van der Waals surface area contributed by atoms with E-state index in [1.807, 2.05) is 18.4 Å². The van der Waals surface area contributed by atoms with Crippen molar-refractivity contribution < 1.29 is 18.0 Å². The van der Waals surface area contributed by atoms with E-state index in [1.54, 1.807) is 6.08 Å². The van der Waals surface area contributed by atoms with E-state index in [4.69, 9.17) is 0 Å². The van der Waals surface area contributed by atoms with Gasteiger partial charge in [-0.15, -0.1) is 16.8 Å². The Bertz CT molecular complexity index is 787. The number of hydrogen-bond acceptors (Lipinski definition) is 4. The summed E-state index contributed by atoms with van der Waals surface area (Å²) in [6.07, 6.45) is -2.74. The molecule has 0 fully saturated rings. The number of nitrogens with zero attached hydrogens (tertiary/aromatic N) is 3. The molecule has 0 unspecified atom stereocenters. The molecule has 0 aliphatic carbocycles. The van der Waals surface area contributed by atoms with E-state index in [0.717, 1.165) is 18.0 Å². The molecule has 0 radical (unpaired) electrons. The zero-order valence-corrected chi connectivity index (χ0v) is 15.2. The van der Waals surface area contributed by atoms with Gasteiger partial charge in [-0.25, -0.2) is 0 Å². The van der Waals surface area contributed by atoms with Crippen LogP contribution in [0.15, 0.2) is 42.1 Å². The van der Waals surface area contributed by atoms with Crippen molar-refractivity contribution in [3.05, 3.63) is 48.3 Å². The third-order valence-corrected chi connectivity index (χ3v) is 4.35. The summed E-state index contributed by atoms with van der Waals surface area (Å²) < 4.78 is 40.0. The molecule has 0 bridgehead atoms. The molecular weight excluding hydrogens is 365 g/mol. The second kappa shape index (κ2) is 8.39. The standard InChI is InChI=1S/C17H19F3N4OS/c1-4-8-24-15(11(2)3)22-23-16(24)26-10-14(25)21-13-7-5-6-12(9-13)17(18,19)20/h4-7,9,11H,1,8,10H2,2-3H3,(H,21,25). The van der Waals surface area contributed by atoms with Crippen LogP contribution in [0.1, 0.15) is 31.2 Å². The molecule has 1 aromatic carbocycles. The minimum atomic E-state index is -4.45. The number of carbonyl (C=O) groups excluding carboxylic acids is 1. The predicted octanol–water partition coefficient (Wildman–Crippen LogP) is 4.34. The number of amides is 1. The van der Waals surface area contributed by atoms with Crippen molar-refractivity contribution >= 4 is 23.4 Å². The second-order valence-corrected chi connectivity index (χ2v) is 6.75. The van der Waals surface area contributed by atoms with E-state index in [1.165, 1.54) is 23.9 Å². The van der Waals surface area contributed by atoms with Crippen LogP contribution in [-0.4, -0.2) is 26.4 Å². The molecule has 0 aliphatic rings. The number of halogens is 3. The van der Waals surface area contributed by atoms with Crippen LogP contribution >= 0.6 is 11.8 Å². The number of allylic oxidation sites excluding steroid dienone is 1. The fourth-order valence-electron chi connectivity index (χ4n) is 2.24. The molecule has 5 nitrogen and oxygen atoms in total. The number of rotatable bonds is 7. The molecule has 9 heteroatoms. The Kier molecular flexibility index (Phi) is 6.47. The van der Waals surface area contributed by atoms with Gasteiger partial charge in [-0.05, 0) is 18.2 Å². The lowest BCUT2D eigenvalue weighted by molar-refractivity contribution is -0.137. The van der Waals surface area contributed by atoms with E-state index < -0.39 is 17.6 Å². The molecule has 26 heavy (non-hydrogen) atoms. The summed E-state index contributed by atoms with van der Waals surface area (Å²) in [6.45, 7) is 8.18. The topological polar surface area (TPSA) is 59.8 Å². The Morgan fingerprint density at radius 3 is 2.73 bits per heavy atom. The maximum atomic E-state index is 12.7. The molecule has 0 spiro atoms. The summed E-state index contributed by atoms with van der Waals surface area (Å²) in [4.78, 5) is 12.1. The van der Waals surface area contributed by atoms with Gasteiger partial charge in [0.2, 0.25) is 5.91 Å². The van der Waals surface area contributed by atoms with Gasteiger partial charge in [0.05, 0.1) is 11.3 Å². The molecular formula is C17H19F3N4OS. The minimum absolute atomic E-state index is 0.00359. The summed E-state index contributed by atoms with van der Waals surface area (Å²) in [5.74, 6) is 0.527. The number of thioether (sulfide) groups is 1. The Morgan fingerprint density at radius 1 is 1.38 bits per heavy atom. The molecule has 140 valence electrons. The highest BCUT2D eigenvalue weighted by atomic mass is 32.2. The van der Waals surface area contributed by atoms with Gasteiger partial charge in [-0.2, -0.15) is 13.2 Å². The van der Waals surface area contributed by atoms with Crippen LogP contribution in [0.25, 0.3) is 0 Å². The number of nitrogens with one attached hydrogen (secondary N) is 1. The Hall–Kier alpha value is -2.29. The SMILES string of the molecule is C=CCn1c(SCC(=O)Nc2cccc(C(F)(F)F)c2)nnc1C(C)C. The Balaban J connectivity index is 2.03. The van der Waals surface area contributed by atoms with Gasteiger partial charge in [0.25, 0.3) is 0 Å². The van der Waals surface area contributed by atoms with E-state index >= 15 is 0 Å². The molecule has 2 aromatic rings. The highest BCUT2D eigenvalue weighted by Crippen LogP contribution is 2.30. The first-order valence-corrected chi connectivity index (χ1v) is 8.84. The van der Waals surface area contributed by atoms with Gasteiger partial charge in [-0.1, -0.05) is 37.8 Å². The Labute approximate surface area is 153 Å². The quantitative estimate of drug-likeness (QED) is 0.570. The molecule has 1 aromatic heterocycles. The van der Waals surface area contributed by atoms with E-state index in [9.17, 15) is 18.0 Å². The van der Waals surface area contributed by atoms with Gasteiger partial charge in [0.1, 0.15) is 5.82 Å². The largest absolute Gasteiger partial charge is 0.416 e. The summed E-state index contributed by atoms with van der Waals surface area (Å²) in [7, 11) is 0. The third kappa shape index (κ3) is 5.10. The molecule has 1 N–H and O–H groups in total. The van der Waals surface area contributed by atoms with Crippen LogP contribution in [0.2, 0.25) is 0 Å². The number of benzene rings is 1. The molecule has 0 atom stereocenters. The first-order chi connectivity index (χ1) is 12.2. The van der Waals surface area contributed by atoms with Crippen LogP contribution in [0, 0.1) is 0 Å². The average molecular weight is 384 g/mol. The van der Waals surface area contributed by atoms with Crippen molar-refractivity contribution in [3.63, 3.8) is 0 Å². The van der Waals surface area contributed by atoms with Crippen LogP contribution < -0.4 is 5.32 Å². The molecule has 0 saturated heterocycles. The average Bonchev–Trinajstić information content (AvgIpc) is 2.96. The lowest BCUT2D eigenvalue weighted by Crippen LogP contribution is -2.15. The minimum Gasteiger partial charge on any atom is -0.325 e. The van der Waals surface area contributed by atoms with Crippen LogP contribution in [0.3, 0.4) is 0 Å². The van der Waals surface area contributed by atoms with Crippen molar-refractivity contribution in [2.24, 2.45) is 0 Å². The summed E-state index contributed by atoms with van der Waals surface area (Å²) >= 11 is 1.17. The normalized spacial score (nSPS) is 11.6. The lowest BCUT2D eigenvalue weighted by atomic mass is 10.2. The number of anilines is 1. The van der Waals surface area contributed by atoms with Crippen molar-refractivity contribution in [1.82, 2.24) is 14.8 Å². The highest BCUT2D eigenvalue weighted by molar-refractivity contribution is 7.99. The lowest BCUT2D eigenvalue weighted by Gasteiger charge is -2.11. The van der Waals surface area contributed by atoms with Gasteiger partial charge >= 0.3 is 6.18 Å². The molecule has 0 aliphatic heterocycles. The van der Waals surface area contributed by atoms with E-state index in [2.05, 4.69) is 22.1 Å². The molecule has 2 rings (SSSR count). The molecule has 1 heterocycles. The number of hydrogen-bond donors (Lipinski definition) is 1. The molecule has 0 saturated carbocycles. The zero-order valence-electron chi connectivity index (χ0n) is 14.4. The van der Waals surface area contributed by atoms with Crippen LogP contribution in [-0.2, 0) is 17.5 Å². The predicted molar refractivity (Wildman–Crippen MR) is 95.1 cm³/mol. The van der Waals surface area contributed by atoms with Gasteiger partial charge in [-0.3, -0.25) is 4.79 Å². The number of alkyl halides is 3. The van der Waals surface area contributed by atoms with Gasteiger partial charge < -0.3 is 9.88 Å². The monoisotopic (exact) mass is 384 g/mol. The maximum Gasteiger partial charge on any atom is 0.416 e. The van der Waals surface area contributed by atoms with Gasteiger partial charge in [0.15, 0.2) is 5.16 Å². The maximum absolute atomic E-state index is 12.7. The zero-order chi connectivity index (χ0) is 19.3. The highest BCUT2D eigenvalue weighted by Gasteiger charge is 2.30. The smallest absolute Gasteiger partial charge is 0.325 e. The van der Waals surface area contributed by atoms with Crippen molar-refractivity contribution in [1.29, 1.82) is 0 Å². The second-order valence-electron chi connectivity index (χ2n) is 5.81. The van der Waals surface area contributed by atoms with Crippen molar-refractivity contribution in [2.45, 2.75) is 37.6 Å².